The summed E-state index contributed by atoms with van der Waals surface area (Å²) in [7, 11) is 0. The lowest BCUT2D eigenvalue weighted by Crippen LogP contribution is -2.31. The van der Waals surface area contributed by atoms with Crippen LogP contribution in [0.4, 0.5) is 19.0 Å². The van der Waals surface area contributed by atoms with Gasteiger partial charge in [-0.3, -0.25) is 0 Å². The van der Waals surface area contributed by atoms with Gasteiger partial charge in [-0.05, 0) is 31.4 Å². The molecule has 1 saturated heterocycles. The van der Waals surface area contributed by atoms with Gasteiger partial charge < -0.3 is 10.0 Å². The van der Waals surface area contributed by atoms with Crippen molar-refractivity contribution in [2.24, 2.45) is 0 Å². The first-order chi connectivity index (χ1) is 8.89. The Bertz CT molecular complexity index is 482. The summed E-state index contributed by atoms with van der Waals surface area (Å²) in [6, 6.07) is 2.31. The second kappa shape index (κ2) is 5.07. The molecular weight excluding hydrogens is 261 g/mol. The molecule has 1 aromatic heterocycles. The summed E-state index contributed by atoms with van der Waals surface area (Å²) >= 11 is 0. The Kier molecular flexibility index (Phi) is 3.64. The number of hydrogen-bond acceptors (Lipinski definition) is 3. The molecule has 0 aliphatic carbocycles. The van der Waals surface area contributed by atoms with Crippen molar-refractivity contribution in [3.05, 3.63) is 23.4 Å². The molecule has 1 aliphatic heterocycles. The number of pyridine rings is 1. The van der Waals surface area contributed by atoms with Gasteiger partial charge in [-0.25, -0.2) is 9.78 Å². The smallest absolute Gasteiger partial charge is 0.434 e. The summed E-state index contributed by atoms with van der Waals surface area (Å²) in [5, 5.41) is 8.78. The fraction of sp³-hybridized carbons (Fsp3) is 0.500. The van der Waals surface area contributed by atoms with Crippen LogP contribution >= 0.6 is 0 Å². The van der Waals surface area contributed by atoms with Crippen molar-refractivity contribution in [1.82, 2.24) is 4.98 Å². The minimum atomic E-state index is -4.76. The maximum atomic E-state index is 12.8. The summed E-state index contributed by atoms with van der Waals surface area (Å²) < 4.78 is 38.4. The van der Waals surface area contributed by atoms with Crippen LogP contribution in [0.1, 0.15) is 35.3 Å². The molecule has 1 fully saturated rings. The number of carboxylic acid groups (broad SMARTS) is 1. The molecule has 0 spiro atoms. The Balaban J connectivity index is 2.40. The minimum Gasteiger partial charge on any atom is -0.478 e. The highest BCUT2D eigenvalue weighted by Crippen LogP contribution is 2.32. The number of piperidine rings is 1. The lowest BCUT2D eigenvalue weighted by molar-refractivity contribution is -0.141. The molecule has 104 valence electrons. The van der Waals surface area contributed by atoms with Gasteiger partial charge in [0.1, 0.15) is 5.82 Å². The molecular formula is C12H13F3N2O2. The molecule has 0 saturated carbocycles. The molecule has 1 N–H and O–H groups in total. The van der Waals surface area contributed by atoms with Crippen LogP contribution in [0.25, 0.3) is 0 Å². The fourth-order valence-corrected chi connectivity index (χ4v) is 2.14. The van der Waals surface area contributed by atoms with Crippen molar-refractivity contribution in [1.29, 1.82) is 0 Å². The van der Waals surface area contributed by atoms with Crippen LogP contribution in [0.2, 0.25) is 0 Å². The Labute approximate surface area is 107 Å². The summed E-state index contributed by atoms with van der Waals surface area (Å²) in [4.78, 5) is 16.1. The third-order valence-electron chi connectivity index (χ3n) is 3.06. The first-order valence-electron chi connectivity index (χ1n) is 5.96. The first kappa shape index (κ1) is 13.6. The van der Waals surface area contributed by atoms with Gasteiger partial charge in [-0.1, -0.05) is 0 Å². The van der Waals surface area contributed by atoms with Crippen molar-refractivity contribution in [2.45, 2.75) is 25.4 Å². The standard InChI is InChI=1S/C12H13F3N2O2/c13-12(14,15)10-8(11(18)19)4-5-9(16-10)17-6-2-1-3-7-17/h4-5H,1-3,6-7H2,(H,18,19). The van der Waals surface area contributed by atoms with E-state index in [0.717, 1.165) is 25.3 Å². The highest BCUT2D eigenvalue weighted by Gasteiger charge is 2.38. The average Bonchev–Trinajstić information content (AvgIpc) is 2.38. The SMILES string of the molecule is O=C(O)c1ccc(N2CCCCC2)nc1C(F)(F)F. The molecule has 2 heterocycles. The highest BCUT2D eigenvalue weighted by molar-refractivity contribution is 5.89. The van der Waals surface area contributed by atoms with Gasteiger partial charge >= 0.3 is 12.1 Å². The largest absolute Gasteiger partial charge is 0.478 e. The van der Waals surface area contributed by atoms with Gasteiger partial charge in [-0.15, -0.1) is 0 Å². The van der Waals surface area contributed by atoms with Crippen LogP contribution in [-0.2, 0) is 6.18 Å². The number of anilines is 1. The predicted octanol–water partition coefficient (Wildman–Crippen LogP) is 2.79. The lowest BCUT2D eigenvalue weighted by Gasteiger charge is -2.28. The molecule has 2 rings (SSSR count). The molecule has 19 heavy (non-hydrogen) atoms. The maximum Gasteiger partial charge on any atom is 0.434 e. The van der Waals surface area contributed by atoms with E-state index in [2.05, 4.69) is 4.98 Å². The van der Waals surface area contributed by atoms with Gasteiger partial charge in [0.15, 0.2) is 5.69 Å². The molecule has 0 amide bonds. The number of carboxylic acids is 1. The van der Waals surface area contributed by atoms with E-state index in [1.54, 1.807) is 4.90 Å². The number of aromatic carboxylic acids is 1. The molecule has 0 atom stereocenters. The van der Waals surface area contributed by atoms with E-state index in [9.17, 15) is 18.0 Å². The van der Waals surface area contributed by atoms with E-state index in [1.165, 1.54) is 6.07 Å². The van der Waals surface area contributed by atoms with Gasteiger partial charge in [0, 0.05) is 13.1 Å². The van der Waals surface area contributed by atoms with Crippen LogP contribution in [0, 0.1) is 0 Å². The average molecular weight is 274 g/mol. The zero-order valence-electron chi connectivity index (χ0n) is 10.1. The van der Waals surface area contributed by atoms with Crippen LogP contribution in [0.5, 0.6) is 0 Å². The Hall–Kier alpha value is -1.79. The van der Waals surface area contributed by atoms with Crippen molar-refractivity contribution < 1.29 is 23.1 Å². The van der Waals surface area contributed by atoms with E-state index < -0.39 is 23.4 Å². The Morgan fingerprint density at radius 3 is 2.37 bits per heavy atom. The normalized spacial score (nSPS) is 16.5. The molecule has 4 nitrogen and oxygen atoms in total. The number of alkyl halides is 3. The number of halogens is 3. The van der Waals surface area contributed by atoms with Crippen LogP contribution in [0.15, 0.2) is 12.1 Å². The zero-order valence-corrected chi connectivity index (χ0v) is 10.1. The maximum absolute atomic E-state index is 12.8. The molecule has 0 aromatic carbocycles. The summed E-state index contributed by atoms with van der Waals surface area (Å²) in [6.45, 7) is 1.30. The molecule has 1 aromatic rings. The van der Waals surface area contributed by atoms with Gasteiger partial charge in [0.25, 0.3) is 0 Å². The van der Waals surface area contributed by atoms with E-state index in [0.29, 0.717) is 13.1 Å². The number of carbonyl (C=O) groups is 1. The van der Waals surface area contributed by atoms with Gasteiger partial charge in [0.05, 0.1) is 5.56 Å². The van der Waals surface area contributed by atoms with E-state index in [4.69, 9.17) is 5.11 Å². The van der Waals surface area contributed by atoms with Crippen molar-refractivity contribution in [3.63, 3.8) is 0 Å². The zero-order chi connectivity index (χ0) is 14.0. The predicted molar refractivity (Wildman–Crippen MR) is 62.3 cm³/mol. The summed E-state index contributed by atoms with van der Waals surface area (Å²) in [6.07, 6.45) is -1.90. The highest BCUT2D eigenvalue weighted by atomic mass is 19.4. The van der Waals surface area contributed by atoms with Crippen molar-refractivity contribution >= 4 is 11.8 Å². The monoisotopic (exact) mass is 274 g/mol. The first-order valence-corrected chi connectivity index (χ1v) is 5.96. The summed E-state index contributed by atoms with van der Waals surface area (Å²) in [5.41, 5.74) is -2.14. The van der Waals surface area contributed by atoms with E-state index >= 15 is 0 Å². The second-order valence-corrected chi connectivity index (χ2v) is 4.42. The third kappa shape index (κ3) is 2.97. The molecule has 1 aliphatic rings. The second-order valence-electron chi connectivity index (χ2n) is 4.42. The number of aromatic nitrogens is 1. The Morgan fingerprint density at radius 1 is 1.21 bits per heavy atom. The number of hydrogen-bond donors (Lipinski definition) is 1. The molecule has 0 radical (unpaired) electrons. The molecule has 7 heteroatoms. The van der Waals surface area contributed by atoms with Crippen molar-refractivity contribution in [2.75, 3.05) is 18.0 Å². The quantitative estimate of drug-likeness (QED) is 0.901. The van der Waals surface area contributed by atoms with Gasteiger partial charge in [-0.2, -0.15) is 13.2 Å². The van der Waals surface area contributed by atoms with E-state index in [1.807, 2.05) is 0 Å². The van der Waals surface area contributed by atoms with Crippen LogP contribution in [-0.4, -0.2) is 29.1 Å². The minimum absolute atomic E-state index is 0.192. The molecule has 0 unspecified atom stereocenters. The lowest BCUT2D eigenvalue weighted by atomic mass is 10.1. The topological polar surface area (TPSA) is 53.4 Å². The van der Waals surface area contributed by atoms with Crippen LogP contribution in [0.3, 0.4) is 0 Å². The molecule has 0 bridgehead atoms. The van der Waals surface area contributed by atoms with Crippen LogP contribution < -0.4 is 4.90 Å². The van der Waals surface area contributed by atoms with Gasteiger partial charge in [0.2, 0.25) is 0 Å². The fourth-order valence-electron chi connectivity index (χ4n) is 2.14. The number of nitrogens with zero attached hydrogens (tertiary/aromatic N) is 2. The van der Waals surface area contributed by atoms with Crippen molar-refractivity contribution in [3.8, 4) is 0 Å². The third-order valence-corrected chi connectivity index (χ3v) is 3.06. The van der Waals surface area contributed by atoms with E-state index in [-0.39, 0.29) is 5.82 Å². The Morgan fingerprint density at radius 2 is 1.84 bits per heavy atom. The number of rotatable bonds is 2. The summed E-state index contributed by atoms with van der Waals surface area (Å²) in [5.74, 6) is -1.43.